The summed E-state index contributed by atoms with van der Waals surface area (Å²) in [6.45, 7) is 2.97. The second-order valence-corrected chi connectivity index (χ2v) is 7.11. The number of nitrogens with zero attached hydrogens (tertiary/aromatic N) is 3. The second-order valence-electron chi connectivity index (χ2n) is 6.73. The lowest BCUT2D eigenvalue weighted by Gasteiger charge is -2.24. The van der Waals surface area contributed by atoms with Gasteiger partial charge >= 0.3 is 0 Å². The van der Waals surface area contributed by atoms with Gasteiger partial charge in [0.2, 0.25) is 0 Å². The van der Waals surface area contributed by atoms with E-state index in [1.54, 1.807) is 0 Å². The highest BCUT2D eigenvalue weighted by molar-refractivity contribution is 6.32. The van der Waals surface area contributed by atoms with Gasteiger partial charge in [0.15, 0.2) is 0 Å². The lowest BCUT2D eigenvalue weighted by atomic mass is 9.89. The number of aromatic nitrogens is 2. The van der Waals surface area contributed by atoms with E-state index >= 15 is 0 Å². The fourth-order valence-corrected chi connectivity index (χ4v) is 3.37. The highest BCUT2D eigenvalue weighted by Gasteiger charge is 2.28. The molecule has 3 rings (SSSR count). The Hall–Kier alpha value is -2.41. The van der Waals surface area contributed by atoms with Gasteiger partial charge in [0.1, 0.15) is 5.02 Å². The topological polar surface area (TPSA) is 90.1 Å². The van der Waals surface area contributed by atoms with E-state index in [9.17, 15) is 14.9 Å². The van der Waals surface area contributed by atoms with Gasteiger partial charge in [-0.2, -0.15) is 9.78 Å². The molecule has 0 amide bonds. The van der Waals surface area contributed by atoms with Crippen molar-refractivity contribution in [2.45, 2.75) is 32.6 Å². The summed E-state index contributed by atoms with van der Waals surface area (Å²) in [5.74, 6) is 0. The van der Waals surface area contributed by atoms with Crippen LogP contribution >= 0.6 is 11.6 Å². The van der Waals surface area contributed by atoms with Crippen molar-refractivity contribution in [3.63, 3.8) is 0 Å². The molecule has 1 saturated carbocycles. The predicted molar refractivity (Wildman–Crippen MR) is 96.6 cm³/mol. The number of hydrogen-bond acceptors (Lipinski definition) is 5. The molecular weight excluding hydrogens is 344 g/mol. The third-order valence-corrected chi connectivity index (χ3v) is 5.11. The van der Waals surface area contributed by atoms with Crippen LogP contribution in [0.4, 0.5) is 11.4 Å². The van der Waals surface area contributed by atoms with Crippen molar-refractivity contribution in [3.05, 3.63) is 56.0 Å². The largest absolute Gasteiger partial charge is 0.382 e. The van der Waals surface area contributed by atoms with Gasteiger partial charge < -0.3 is 5.32 Å². The lowest BCUT2D eigenvalue weighted by molar-refractivity contribution is -0.384. The molecule has 1 heterocycles. The van der Waals surface area contributed by atoms with Crippen molar-refractivity contribution in [2.75, 3.05) is 11.9 Å². The molecule has 0 spiro atoms. The van der Waals surface area contributed by atoms with Crippen molar-refractivity contribution in [1.29, 1.82) is 0 Å². The fraction of sp³-hybridized carbons (Fsp3) is 0.412. The SMILES string of the molecule is CC1(CNc2cnn(-c3ccc([N+](=O)[O-])cc3)c(=O)c2Cl)CCCC1. The van der Waals surface area contributed by atoms with E-state index in [0.29, 0.717) is 11.4 Å². The first-order chi connectivity index (χ1) is 11.9. The normalized spacial score (nSPS) is 15.9. The maximum absolute atomic E-state index is 12.5. The molecule has 132 valence electrons. The summed E-state index contributed by atoms with van der Waals surface area (Å²) >= 11 is 6.22. The molecule has 0 atom stereocenters. The summed E-state index contributed by atoms with van der Waals surface area (Å²) in [7, 11) is 0. The molecule has 1 N–H and O–H groups in total. The van der Waals surface area contributed by atoms with Crippen molar-refractivity contribution in [3.8, 4) is 5.69 Å². The number of rotatable bonds is 5. The zero-order valence-electron chi connectivity index (χ0n) is 13.9. The highest BCUT2D eigenvalue weighted by Crippen LogP contribution is 2.37. The molecule has 1 aromatic carbocycles. The third-order valence-electron chi connectivity index (χ3n) is 4.74. The van der Waals surface area contributed by atoms with Gasteiger partial charge in [0.05, 0.1) is 22.5 Å². The maximum atomic E-state index is 12.5. The van der Waals surface area contributed by atoms with Crippen LogP contribution in [-0.2, 0) is 0 Å². The van der Waals surface area contributed by atoms with Crippen molar-refractivity contribution in [1.82, 2.24) is 9.78 Å². The minimum Gasteiger partial charge on any atom is -0.382 e. The Morgan fingerprint density at radius 3 is 2.56 bits per heavy atom. The number of nitro groups is 1. The van der Waals surface area contributed by atoms with E-state index in [1.165, 1.54) is 43.3 Å². The van der Waals surface area contributed by atoms with Crippen molar-refractivity contribution >= 4 is 23.0 Å². The van der Waals surface area contributed by atoms with Gasteiger partial charge in [-0.1, -0.05) is 31.4 Å². The Labute approximate surface area is 149 Å². The van der Waals surface area contributed by atoms with Crippen LogP contribution in [-0.4, -0.2) is 21.2 Å². The molecule has 0 bridgehead atoms. The quantitative estimate of drug-likeness (QED) is 0.645. The molecule has 8 heteroatoms. The number of hydrogen-bond donors (Lipinski definition) is 1. The van der Waals surface area contributed by atoms with E-state index in [0.717, 1.165) is 24.1 Å². The van der Waals surface area contributed by atoms with Crippen LogP contribution in [0.1, 0.15) is 32.6 Å². The number of nitrogens with one attached hydrogen (secondary N) is 1. The zero-order valence-corrected chi connectivity index (χ0v) is 14.6. The molecule has 1 aliphatic rings. The predicted octanol–water partition coefficient (Wildman–Crippen LogP) is 3.79. The molecule has 1 aliphatic carbocycles. The monoisotopic (exact) mass is 362 g/mol. The Kier molecular flexibility index (Phi) is 4.76. The van der Waals surface area contributed by atoms with Crippen LogP contribution in [0.2, 0.25) is 5.02 Å². The van der Waals surface area contributed by atoms with Crippen LogP contribution in [0.25, 0.3) is 5.69 Å². The number of anilines is 1. The minimum absolute atomic E-state index is 0.0500. The van der Waals surface area contributed by atoms with Gasteiger partial charge in [0, 0.05) is 18.7 Å². The summed E-state index contributed by atoms with van der Waals surface area (Å²) in [6.07, 6.45) is 6.29. The molecule has 0 saturated heterocycles. The van der Waals surface area contributed by atoms with E-state index < -0.39 is 10.5 Å². The summed E-state index contributed by atoms with van der Waals surface area (Å²) in [6, 6.07) is 5.58. The van der Waals surface area contributed by atoms with Gasteiger partial charge in [-0.25, -0.2) is 0 Å². The third kappa shape index (κ3) is 3.66. The number of benzene rings is 1. The van der Waals surface area contributed by atoms with Gasteiger partial charge in [0.25, 0.3) is 11.2 Å². The highest BCUT2D eigenvalue weighted by atomic mass is 35.5. The maximum Gasteiger partial charge on any atom is 0.292 e. The molecular formula is C17H19ClN4O3. The molecule has 0 aliphatic heterocycles. The summed E-state index contributed by atoms with van der Waals surface area (Å²) in [4.78, 5) is 22.7. The van der Waals surface area contributed by atoms with E-state index in [4.69, 9.17) is 11.6 Å². The van der Waals surface area contributed by atoms with E-state index in [2.05, 4.69) is 17.3 Å². The zero-order chi connectivity index (χ0) is 18.0. The molecule has 0 unspecified atom stereocenters. The number of non-ortho nitro benzene ring substituents is 1. The van der Waals surface area contributed by atoms with Crippen LogP contribution in [0, 0.1) is 15.5 Å². The first-order valence-electron chi connectivity index (χ1n) is 8.16. The van der Waals surface area contributed by atoms with Crippen LogP contribution in [0.3, 0.4) is 0 Å². The Bertz CT molecular complexity index is 842. The summed E-state index contributed by atoms with van der Waals surface area (Å²) in [5.41, 5.74) is 0.643. The second kappa shape index (κ2) is 6.84. The van der Waals surface area contributed by atoms with E-state index in [-0.39, 0.29) is 16.1 Å². The molecule has 1 aromatic heterocycles. The average molecular weight is 363 g/mol. The Morgan fingerprint density at radius 1 is 1.32 bits per heavy atom. The fourth-order valence-electron chi connectivity index (χ4n) is 3.17. The molecule has 1 fully saturated rings. The molecule has 2 aromatic rings. The van der Waals surface area contributed by atoms with Gasteiger partial charge in [-0.3, -0.25) is 14.9 Å². The smallest absolute Gasteiger partial charge is 0.292 e. The van der Waals surface area contributed by atoms with Crippen molar-refractivity contribution < 1.29 is 4.92 Å². The first-order valence-corrected chi connectivity index (χ1v) is 8.54. The summed E-state index contributed by atoms with van der Waals surface area (Å²) < 4.78 is 1.13. The lowest BCUT2D eigenvalue weighted by Crippen LogP contribution is -2.26. The van der Waals surface area contributed by atoms with Crippen LogP contribution in [0.15, 0.2) is 35.3 Å². The molecule has 0 radical (unpaired) electrons. The first kappa shape index (κ1) is 17.4. The number of halogens is 1. The standard InChI is InChI=1S/C17H19ClN4O3/c1-17(8-2-3-9-17)11-19-14-10-20-21(16(23)15(14)18)12-4-6-13(7-5-12)22(24)25/h4-7,10,19H,2-3,8-9,11H2,1H3. The molecule has 7 nitrogen and oxygen atoms in total. The Morgan fingerprint density at radius 2 is 1.96 bits per heavy atom. The summed E-state index contributed by atoms with van der Waals surface area (Å²) in [5, 5.41) is 18.2. The minimum atomic E-state index is -0.496. The van der Waals surface area contributed by atoms with Crippen LogP contribution in [0.5, 0.6) is 0 Å². The Balaban J connectivity index is 1.82. The molecule has 25 heavy (non-hydrogen) atoms. The van der Waals surface area contributed by atoms with Crippen LogP contribution < -0.4 is 10.9 Å². The van der Waals surface area contributed by atoms with E-state index in [1.807, 2.05) is 0 Å². The van der Waals surface area contributed by atoms with Gasteiger partial charge in [-0.05, 0) is 30.4 Å². The number of nitro benzene ring substituents is 1. The van der Waals surface area contributed by atoms with Crippen molar-refractivity contribution in [2.24, 2.45) is 5.41 Å². The van der Waals surface area contributed by atoms with Gasteiger partial charge in [-0.15, -0.1) is 0 Å². The average Bonchev–Trinajstić information content (AvgIpc) is 3.03.